The predicted molar refractivity (Wildman–Crippen MR) is 109 cm³/mol. The Hall–Kier alpha value is -2.73. The molecule has 2 N–H and O–H groups in total. The summed E-state index contributed by atoms with van der Waals surface area (Å²) in [5.74, 6) is 2.36. The standard InChI is InChI=1S/C21H19BrN2O3/c1-12(2)23-20-9-13(15-4-3-5-19-21(15)27-11-26-19)8-17(24-20)16-10-14(22)6-7-18(16)25/h3-10,12,25H,11H2,1-2H3,(H,23,24). The van der Waals surface area contributed by atoms with Crippen LogP contribution < -0.4 is 14.8 Å². The zero-order valence-electron chi connectivity index (χ0n) is 15.0. The number of nitrogens with one attached hydrogen (secondary N) is 1. The molecule has 0 unspecified atom stereocenters. The molecule has 0 aliphatic carbocycles. The van der Waals surface area contributed by atoms with Crippen LogP contribution in [0.2, 0.25) is 0 Å². The van der Waals surface area contributed by atoms with E-state index in [4.69, 9.17) is 14.5 Å². The molecule has 6 heteroatoms. The van der Waals surface area contributed by atoms with Crippen LogP contribution in [0.25, 0.3) is 22.4 Å². The minimum Gasteiger partial charge on any atom is -0.507 e. The molecule has 0 atom stereocenters. The van der Waals surface area contributed by atoms with E-state index in [0.717, 1.165) is 32.9 Å². The highest BCUT2D eigenvalue weighted by molar-refractivity contribution is 9.10. The third-order valence-corrected chi connectivity index (χ3v) is 4.70. The molecule has 0 bridgehead atoms. The van der Waals surface area contributed by atoms with E-state index in [1.807, 2.05) is 36.4 Å². The Morgan fingerprint density at radius 3 is 2.74 bits per heavy atom. The van der Waals surface area contributed by atoms with Gasteiger partial charge in [0.25, 0.3) is 0 Å². The van der Waals surface area contributed by atoms with Crippen LogP contribution in [0, 0.1) is 0 Å². The van der Waals surface area contributed by atoms with Crippen molar-refractivity contribution in [2.24, 2.45) is 0 Å². The van der Waals surface area contributed by atoms with Crippen molar-refractivity contribution in [1.29, 1.82) is 0 Å². The van der Waals surface area contributed by atoms with Gasteiger partial charge in [0.15, 0.2) is 11.5 Å². The fourth-order valence-electron chi connectivity index (χ4n) is 3.06. The van der Waals surface area contributed by atoms with Gasteiger partial charge in [0.1, 0.15) is 11.6 Å². The first-order chi connectivity index (χ1) is 13.0. The molecule has 4 rings (SSSR count). The summed E-state index contributed by atoms with van der Waals surface area (Å²) in [6.45, 7) is 4.33. The summed E-state index contributed by atoms with van der Waals surface area (Å²) in [7, 11) is 0. The van der Waals surface area contributed by atoms with Crippen LogP contribution in [0.15, 0.2) is 53.0 Å². The molecule has 2 aromatic carbocycles. The van der Waals surface area contributed by atoms with Crippen LogP contribution in [0.5, 0.6) is 17.2 Å². The lowest BCUT2D eigenvalue weighted by atomic mass is 10.0. The van der Waals surface area contributed by atoms with Gasteiger partial charge in [-0.2, -0.15) is 0 Å². The number of hydrogen-bond donors (Lipinski definition) is 2. The van der Waals surface area contributed by atoms with Crippen molar-refractivity contribution in [2.75, 3.05) is 12.1 Å². The van der Waals surface area contributed by atoms with Gasteiger partial charge in [0.2, 0.25) is 6.79 Å². The van der Waals surface area contributed by atoms with Crippen molar-refractivity contribution in [3.05, 3.63) is 53.0 Å². The average molecular weight is 427 g/mol. The first kappa shape index (κ1) is 17.7. The maximum atomic E-state index is 10.4. The predicted octanol–water partition coefficient (Wildman–Crippen LogP) is 5.43. The van der Waals surface area contributed by atoms with Gasteiger partial charge in [-0.3, -0.25) is 0 Å². The van der Waals surface area contributed by atoms with Crippen molar-refractivity contribution >= 4 is 21.7 Å². The number of nitrogens with zero attached hydrogens (tertiary/aromatic N) is 1. The Bertz CT molecular complexity index is 1000. The Labute approximate surface area is 166 Å². The van der Waals surface area contributed by atoms with E-state index in [0.29, 0.717) is 11.3 Å². The summed E-state index contributed by atoms with van der Waals surface area (Å²) in [6.07, 6.45) is 0. The number of pyridine rings is 1. The molecule has 1 aliphatic rings. The number of aromatic hydroxyl groups is 1. The lowest BCUT2D eigenvalue weighted by Gasteiger charge is -2.15. The van der Waals surface area contributed by atoms with Crippen LogP contribution in [-0.2, 0) is 0 Å². The van der Waals surface area contributed by atoms with Crippen molar-refractivity contribution in [3.63, 3.8) is 0 Å². The molecule has 0 spiro atoms. The van der Waals surface area contributed by atoms with E-state index in [1.54, 1.807) is 12.1 Å². The molecule has 138 valence electrons. The number of halogens is 1. The monoisotopic (exact) mass is 426 g/mol. The Morgan fingerprint density at radius 2 is 1.93 bits per heavy atom. The SMILES string of the molecule is CC(C)Nc1cc(-c2cccc3c2OCO3)cc(-c2cc(Br)ccc2O)n1. The van der Waals surface area contributed by atoms with Crippen LogP contribution in [-0.4, -0.2) is 22.9 Å². The Balaban J connectivity index is 1.90. The van der Waals surface area contributed by atoms with E-state index in [9.17, 15) is 5.11 Å². The van der Waals surface area contributed by atoms with E-state index in [-0.39, 0.29) is 18.6 Å². The second-order valence-electron chi connectivity index (χ2n) is 6.63. The number of phenols is 1. The van der Waals surface area contributed by atoms with E-state index < -0.39 is 0 Å². The molecule has 5 nitrogen and oxygen atoms in total. The summed E-state index contributed by atoms with van der Waals surface area (Å²) in [5, 5.41) is 13.7. The summed E-state index contributed by atoms with van der Waals surface area (Å²) in [6, 6.07) is 15.3. The van der Waals surface area contributed by atoms with Crippen LogP contribution >= 0.6 is 15.9 Å². The van der Waals surface area contributed by atoms with Crippen LogP contribution in [0.1, 0.15) is 13.8 Å². The minimum absolute atomic E-state index is 0.177. The molecule has 0 fully saturated rings. The number of rotatable bonds is 4. The molecule has 1 aliphatic heterocycles. The highest BCUT2D eigenvalue weighted by Gasteiger charge is 2.20. The third-order valence-electron chi connectivity index (χ3n) is 4.20. The van der Waals surface area contributed by atoms with Gasteiger partial charge in [-0.05, 0) is 55.8 Å². The highest BCUT2D eigenvalue weighted by atomic mass is 79.9. The number of para-hydroxylation sites is 1. The fourth-order valence-corrected chi connectivity index (χ4v) is 3.43. The number of aromatic nitrogens is 1. The maximum absolute atomic E-state index is 10.4. The first-order valence-electron chi connectivity index (χ1n) is 8.68. The lowest BCUT2D eigenvalue weighted by molar-refractivity contribution is 0.174. The second-order valence-corrected chi connectivity index (χ2v) is 7.54. The molecule has 2 heterocycles. The highest BCUT2D eigenvalue weighted by Crippen LogP contribution is 2.43. The second kappa shape index (κ2) is 7.12. The summed E-state index contributed by atoms with van der Waals surface area (Å²) < 4.78 is 12.1. The summed E-state index contributed by atoms with van der Waals surface area (Å²) in [5.41, 5.74) is 3.19. The molecular weight excluding hydrogens is 408 g/mol. The Kier molecular flexibility index (Phi) is 4.66. The van der Waals surface area contributed by atoms with Crippen molar-refractivity contribution in [1.82, 2.24) is 4.98 Å². The minimum atomic E-state index is 0.177. The quantitative estimate of drug-likeness (QED) is 0.581. The number of benzene rings is 2. The van der Waals surface area contributed by atoms with Gasteiger partial charge in [-0.25, -0.2) is 4.98 Å². The number of phenolic OH excluding ortho intramolecular Hbond substituents is 1. The maximum Gasteiger partial charge on any atom is 0.231 e. The molecule has 27 heavy (non-hydrogen) atoms. The number of fused-ring (bicyclic) bond motifs is 1. The molecular formula is C21H19BrN2O3. The van der Waals surface area contributed by atoms with Gasteiger partial charge in [0, 0.05) is 21.6 Å². The molecule has 1 aromatic heterocycles. The molecule has 0 saturated carbocycles. The molecule has 3 aromatic rings. The summed E-state index contributed by atoms with van der Waals surface area (Å²) >= 11 is 3.47. The van der Waals surface area contributed by atoms with E-state index in [2.05, 4.69) is 35.1 Å². The average Bonchev–Trinajstić information content (AvgIpc) is 3.11. The fraction of sp³-hybridized carbons (Fsp3) is 0.190. The normalized spacial score (nSPS) is 12.4. The van der Waals surface area contributed by atoms with E-state index >= 15 is 0 Å². The van der Waals surface area contributed by atoms with Gasteiger partial charge in [-0.15, -0.1) is 0 Å². The van der Waals surface area contributed by atoms with Gasteiger partial charge in [0.05, 0.1) is 5.69 Å². The number of hydrogen-bond acceptors (Lipinski definition) is 5. The van der Waals surface area contributed by atoms with Gasteiger partial charge in [-0.1, -0.05) is 28.1 Å². The molecule has 0 amide bonds. The zero-order valence-corrected chi connectivity index (χ0v) is 16.6. The van der Waals surface area contributed by atoms with E-state index in [1.165, 1.54) is 0 Å². The van der Waals surface area contributed by atoms with Crippen molar-refractivity contribution in [3.8, 4) is 39.6 Å². The number of anilines is 1. The molecule has 0 radical (unpaired) electrons. The first-order valence-corrected chi connectivity index (χ1v) is 9.47. The van der Waals surface area contributed by atoms with Gasteiger partial charge >= 0.3 is 0 Å². The van der Waals surface area contributed by atoms with Crippen molar-refractivity contribution < 1.29 is 14.6 Å². The summed E-state index contributed by atoms with van der Waals surface area (Å²) in [4.78, 5) is 4.70. The molecule has 0 saturated heterocycles. The van der Waals surface area contributed by atoms with Gasteiger partial charge < -0.3 is 19.9 Å². The smallest absolute Gasteiger partial charge is 0.231 e. The zero-order chi connectivity index (χ0) is 19.0. The number of ether oxygens (including phenoxy) is 2. The van der Waals surface area contributed by atoms with Crippen LogP contribution in [0.4, 0.5) is 5.82 Å². The third kappa shape index (κ3) is 3.57. The van der Waals surface area contributed by atoms with Crippen molar-refractivity contribution in [2.45, 2.75) is 19.9 Å². The topological polar surface area (TPSA) is 63.6 Å². The largest absolute Gasteiger partial charge is 0.507 e. The Morgan fingerprint density at radius 1 is 1.07 bits per heavy atom. The lowest BCUT2D eigenvalue weighted by Crippen LogP contribution is -2.11. The van der Waals surface area contributed by atoms with Crippen LogP contribution in [0.3, 0.4) is 0 Å².